The lowest BCUT2D eigenvalue weighted by Gasteiger charge is -2.13. The molecule has 0 aliphatic rings. The van der Waals surface area contributed by atoms with Gasteiger partial charge in [0.05, 0.1) is 5.69 Å². The number of carbonyl (C=O) groups is 2. The van der Waals surface area contributed by atoms with Crippen molar-refractivity contribution in [3.05, 3.63) is 47.8 Å². The number of alkyl carbamates (subject to hydrolysis) is 1. The highest BCUT2D eigenvalue weighted by atomic mass is 16.5. The monoisotopic (exact) mass is 332 g/mol. The van der Waals surface area contributed by atoms with Crippen molar-refractivity contribution in [3.63, 3.8) is 0 Å². The minimum absolute atomic E-state index is 0.0302. The van der Waals surface area contributed by atoms with E-state index in [4.69, 9.17) is 4.74 Å². The highest BCUT2D eigenvalue weighted by Crippen LogP contribution is 2.06. The fraction of sp³-hybridized carbons (Fsp3) is 0.375. The maximum absolute atomic E-state index is 11.8. The summed E-state index contributed by atoms with van der Waals surface area (Å²) >= 11 is 0. The summed E-state index contributed by atoms with van der Waals surface area (Å²) in [6.45, 7) is 3.95. The van der Waals surface area contributed by atoms with Gasteiger partial charge >= 0.3 is 12.1 Å². The van der Waals surface area contributed by atoms with E-state index in [1.807, 2.05) is 44.2 Å². The zero-order valence-electron chi connectivity index (χ0n) is 13.5. The van der Waals surface area contributed by atoms with Crippen molar-refractivity contribution in [2.45, 2.75) is 39.0 Å². The van der Waals surface area contributed by atoms with Gasteiger partial charge in [-0.15, -0.1) is 5.10 Å². The molecule has 1 aromatic carbocycles. The highest BCUT2D eigenvalue weighted by Gasteiger charge is 2.22. The Balaban J connectivity index is 1.90. The molecule has 128 valence electrons. The predicted molar refractivity (Wildman–Crippen MR) is 85.3 cm³/mol. The maximum Gasteiger partial charge on any atom is 0.408 e. The van der Waals surface area contributed by atoms with Crippen LogP contribution in [-0.2, 0) is 22.6 Å². The summed E-state index contributed by atoms with van der Waals surface area (Å²) in [5, 5.41) is 19.4. The van der Waals surface area contributed by atoms with Gasteiger partial charge in [0.2, 0.25) is 0 Å². The Morgan fingerprint density at radius 1 is 1.29 bits per heavy atom. The number of rotatable bonds is 7. The van der Waals surface area contributed by atoms with Crippen LogP contribution in [0.5, 0.6) is 0 Å². The second kappa shape index (κ2) is 8.09. The first kappa shape index (κ1) is 17.5. The van der Waals surface area contributed by atoms with E-state index in [0.717, 1.165) is 5.56 Å². The van der Waals surface area contributed by atoms with Gasteiger partial charge in [-0.05, 0) is 19.4 Å². The van der Waals surface area contributed by atoms with Crippen molar-refractivity contribution in [1.29, 1.82) is 0 Å². The van der Waals surface area contributed by atoms with Crippen LogP contribution in [0.1, 0.15) is 31.1 Å². The van der Waals surface area contributed by atoms with Crippen LogP contribution in [0.4, 0.5) is 4.79 Å². The number of amides is 1. The van der Waals surface area contributed by atoms with Gasteiger partial charge in [-0.3, -0.25) is 0 Å². The van der Waals surface area contributed by atoms with Crippen molar-refractivity contribution in [2.24, 2.45) is 0 Å². The van der Waals surface area contributed by atoms with E-state index in [1.165, 1.54) is 0 Å². The van der Waals surface area contributed by atoms with Crippen molar-refractivity contribution in [3.8, 4) is 0 Å². The summed E-state index contributed by atoms with van der Waals surface area (Å²) in [5.41, 5.74) is 1.30. The van der Waals surface area contributed by atoms with Crippen LogP contribution in [0.2, 0.25) is 0 Å². The van der Waals surface area contributed by atoms with Gasteiger partial charge in [0.25, 0.3) is 0 Å². The molecule has 0 spiro atoms. The zero-order chi connectivity index (χ0) is 17.5. The lowest BCUT2D eigenvalue weighted by atomic mass is 10.1. The van der Waals surface area contributed by atoms with E-state index in [0.29, 0.717) is 5.69 Å². The molecule has 1 unspecified atom stereocenters. The number of hydrogen-bond acceptors (Lipinski definition) is 5. The number of ether oxygens (including phenoxy) is 1. The van der Waals surface area contributed by atoms with E-state index in [9.17, 15) is 14.7 Å². The molecular weight excluding hydrogens is 312 g/mol. The first-order valence-electron chi connectivity index (χ1n) is 7.56. The number of nitrogens with zero attached hydrogens (tertiary/aromatic N) is 3. The number of hydrogen-bond donors (Lipinski definition) is 2. The summed E-state index contributed by atoms with van der Waals surface area (Å²) in [7, 11) is 0. The molecule has 8 nitrogen and oxygen atoms in total. The van der Waals surface area contributed by atoms with Gasteiger partial charge in [0.1, 0.15) is 12.6 Å². The lowest BCUT2D eigenvalue weighted by Crippen LogP contribution is -2.42. The Kier molecular flexibility index (Phi) is 5.89. The van der Waals surface area contributed by atoms with E-state index in [1.54, 1.807) is 10.9 Å². The lowest BCUT2D eigenvalue weighted by molar-refractivity contribution is -0.139. The van der Waals surface area contributed by atoms with Crippen molar-refractivity contribution >= 4 is 12.1 Å². The first-order chi connectivity index (χ1) is 11.5. The molecule has 0 saturated carbocycles. The van der Waals surface area contributed by atoms with Gasteiger partial charge in [-0.25, -0.2) is 14.3 Å². The van der Waals surface area contributed by atoms with Crippen molar-refractivity contribution in [1.82, 2.24) is 20.3 Å². The fourth-order valence-corrected chi connectivity index (χ4v) is 1.98. The molecule has 0 bridgehead atoms. The number of aromatic nitrogens is 3. The Bertz CT molecular complexity index is 684. The molecule has 24 heavy (non-hydrogen) atoms. The third-order valence-electron chi connectivity index (χ3n) is 3.30. The Morgan fingerprint density at radius 3 is 2.58 bits per heavy atom. The number of carboxylic acid groups (broad SMARTS) is 1. The largest absolute Gasteiger partial charge is 0.480 e. The molecule has 1 amide bonds. The first-order valence-corrected chi connectivity index (χ1v) is 7.56. The Labute approximate surface area is 139 Å². The standard InChI is InChI=1S/C16H20N4O4/c1-11(2)20-9-13(18-19-20)8-14(15(21)22)17-16(23)24-10-12-6-4-3-5-7-12/h3-7,9,11,14H,8,10H2,1-2H3,(H,17,23)(H,21,22). The van der Waals surface area contributed by atoms with Crippen LogP contribution < -0.4 is 5.32 Å². The highest BCUT2D eigenvalue weighted by molar-refractivity contribution is 5.80. The van der Waals surface area contributed by atoms with Crippen molar-refractivity contribution in [2.75, 3.05) is 0 Å². The molecule has 0 fully saturated rings. The van der Waals surface area contributed by atoms with Crippen molar-refractivity contribution < 1.29 is 19.4 Å². The number of carboxylic acids is 1. The molecule has 1 aromatic heterocycles. The third-order valence-corrected chi connectivity index (χ3v) is 3.30. The van der Waals surface area contributed by atoms with Gasteiger partial charge < -0.3 is 15.2 Å². The second-order valence-corrected chi connectivity index (χ2v) is 5.58. The number of aliphatic carboxylic acids is 1. The van der Waals surface area contributed by atoms with E-state index >= 15 is 0 Å². The molecule has 8 heteroatoms. The number of benzene rings is 1. The molecule has 1 heterocycles. The topological polar surface area (TPSA) is 106 Å². The molecular formula is C16H20N4O4. The predicted octanol–water partition coefficient (Wildman–Crippen LogP) is 1.78. The van der Waals surface area contributed by atoms with Crippen LogP contribution in [0.15, 0.2) is 36.5 Å². The van der Waals surface area contributed by atoms with Crippen LogP contribution in [0.3, 0.4) is 0 Å². The van der Waals surface area contributed by atoms with Crippen LogP contribution in [0, 0.1) is 0 Å². The molecule has 1 atom stereocenters. The summed E-state index contributed by atoms with van der Waals surface area (Å²) < 4.78 is 6.66. The van der Waals surface area contributed by atoms with Gasteiger partial charge in [0, 0.05) is 18.7 Å². The normalized spacial score (nSPS) is 12.0. The van der Waals surface area contributed by atoms with Crippen LogP contribution >= 0.6 is 0 Å². The Morgan fingerprint density at radius 2 is 2.00 bits per heavy atom. The average Bonchev–Trinajstić information content (AvgIpc) is 3.02. The maximum atomic E-state index is 11.8. The molecule has 2 N–H and O–H groups in total. The Hall–Kier alpha value is -2.90. The summed E-state index contributed by atoms with van der Waals surface area (Å²) in [6.07, 6.45) is 0.905. The van der Waals surface area contributed by atoms with Gasteiger partial charge in [-0.2, -0.15) is 0 Å². The molecule has 0 aliphatic heterocycles. The van der Waals surface area contributed by atoms with Crippen LogP contribution in [0.25, 0.3) is 0 Å². The molecule has 0 radical (unpaired) electrons. The second-order valence-electron chi connectivity index (χ2n) is 5.58. The van der Waals surface area contributed by atoms with Gasteiger partial charge in [0.15, 0.2) is 0 Å². The van der Waals surface area contributed by atoms with E-state index < -0.39 is 18.1 Å². The van der Waals surface area contributed by atoms with E-state index in [-0.39, 0.29) is 19.1 Å². The van der Waals surface area contributed by atoms with Gasteiger partial charge in [-0.1, -0.05) is 35.5 Å². The summed E-state index contributed by atoms with van der Waals surface area (Å²) in [4.78, 5) is 23.1. The minimum Gasteiger partial charge on any atom is -0.480 e. The molecule has 2 rings (SSSR count). The molecule has 2 aromatic rings. The molecule has 0 saturated heterocycles. The molecule has 0 aliphatic carbocycles. The summed E-state index contributed by atoms with van der Waals surface area (Å²) in [5.74, 6) is -1.16. The minimum atomic E-state index is -1.16. The van der Waals surface area contributed by atoms with Crippen LogP contribution in [-0.4, -0.2) is 38.2 Å². The number of carbonyl (C=O) groups excluding carboxylic acids is 1. The SMILES string of the molecule is CC(C)n1cc(CC(NC(=O)OCc2ccccc2)C(=O)O)nn1. The number of nitrogens with one attached hydrogen (secondary N) is 1. The smallest absolute Gasteiger partial charge is 0.408 e. The third kappa shape index (κ3) is 5.08. The fourth-order valence-electron chi connectivity index (χ4n) is 1.98. The quantitative estimate of drug-likeness (QED) is 0.800. The summed E-state index contributed by atoms with van der Waals surface area (Å²) in [6, 6.07) is 8.12. The average molecular weight is 332 g/mol. The zero-order valence-corrected chi connectivity index (χ0v) is 13.5. The van der Waals surface area contributed by atoms with E-state index in [2.05, 4.69) is 15.6 Å².